The number of rotatable bonds is 3. The second-order valence-electron chi connectivity index (χ2n) is 5.51. The van der Waals surface area contributed by atoms with E-state index >= 15 is 0 Å². The maximum absolute atomic E-state index is 12.6. The van der Waals surface area contributed by atoms with Crippen molar-refractivity contribution in [3.8, 4) is 11.8 Å². The van der Waals surface area contributed by atoms with E-state index in [0.29, 0.717) is 24.2 Å². The lowest BCUT2D eigenvalue weighted by Gasteiger charge is -2.33. The van der Waals surface area contributed by atoms with E-state index in [1.807, 2.05) is 12.1 Å². The molecule has 3 rings (SSSR count). The van der Waals surface area contributed by atoms with Gasteiger partial charge in [0.05, 0.1) is 18.2 Å². The number of nitrogens with zero attached hydrogens (tertiary/aromatic N) is 3. The molecule has 2 aromatic rings. The highest BCUT2D eigenvalue weighted by atomic mass is 16.5. The lowest BCUT2D eigenvalue weighted by Crippen LogP contribution is -2.44. The van der Waals surface area contributed by atoms with Gasteiger partial charge in [-0.3, -0.25) is 9.78 Å². The molecule has 1 aliphatic heterocycles. The third-order valence-electron chi connectivity index (χ3n) is 3.86. The smallest absolute Gasteiger partial charge is 0.254 e. The first-order chi connectivity index (χ1) is 11.3. The number of pyridine rings is 1. The van der Waals surface area contributed by atoms with E-state index in [4.69, 9.17) is 10.00 Å². The number of nitriles is 1. The molecule has 1 aliphatic rings. The topological polar surface area (TPSA) is 66.2 Å². The van der Waals surface area contributed by atoms with E-state index in [0.717, 1.165) is 18.6 Å². The van der Waals surface area contributed by atoms with Gasteiger partial charge in [0.2, 0.25) is 0 Å². The van der Waals surface area contributed by atoms with Gasteiger partial charge < -0.3 is 9.64 Å². The van der Waals surface area contributed by atoms with Gasteiger partial charge in [-0.05, 0) is 43.2 Å². The van der Waals surface area contributed by atoms with Crippen molar-refractivity contribution < 1.29 is 9.53 Å². The summed E-state index contributed by atoms with van der Waals surface area (Å²) in [6.07, 6.45) is 5.18. The van der Waals surface area contributed by atoms with Crippen LogP contribution in [0.25, 0.3) is 0 Å². The molecule has 0 saturated carbocycles. The lowest BCUT2D eigenvalue weighted by atomic mass is 10.1. The van der Waals surface area contributed by atoms with Gasteiger partial charge in [-0.25, -0.2) is 0 Å². The van der Waals surface area contributed by atoms with Gasteiger partial charge >= 0.3 is 0 Å². The molecule has 0 N–H and O–H groups in total. The van der Waals surface area contributed by atoms with E-state index in [1.54, 1.807) is 41.6 Å². The van der Waals surface area contributed by atoms with Gasteiger partial charge in [0.25, 0.3) is 5.91 Å². The summed E-state index contributed by atoms with van der Waals surface area (Å²) in [4.78, 5) is 18.4. The van der Waals surface area contributed by atoms with Gasteiger partial charge in [0.15, 0.2) is 0 Å². The van der Waals surface area contributed by atoms with Gasteiger partial charge in [0, 0.05) is 24.5 Å². The third kappa shape index (κ3) is 3.67. The predicted molar refractivity (Wildman–Crippen MR) is 84.9 cm³/mol. The Hall–Kier alpha value is -2.87. The minimum Gasteiger partial charge on any atom is -0.488 e. The van der Waals surface area contributed by atoms with E-state index in [9.17, 15) is 4.79 Å². The van der Waals surface area contributed by atoms with E-state index in [-0.39, 0.29) is 12.0 Å². The quantitative estimate of drug-likeness (QED) is 0.874. The van der Waals surface area contributed by atoms with Crippen molar-refractivity contribution in [3.63, 3.8) is 0 Å². The minimum absolute atomic E-state index is 0.0192. The first-order valence-corrected chi connectivity index (χ1v) is 7.62. The molecule has 1 atom stereocenters. The second-order valence-corrected chi connectivity index (χ2v) is 5.51. The summed E-state index contributed by atoms with van der Waals surface area (Å²) in [7, 11) is 0. The molecule has 1 aromatic carbocycles. The van der Waals surface area contributed by atoms with Crippen LogP contribution in [0.5, 0.6) is 5.75 Å². The number of carbonyl (C=O) groups is 1. The molecule has 116 valence electrons. The highest BCUT2D eigenvalue weighted by molar-refractivity contribution is 5.94. The zero-order valence-electron chi connectivity index (χ0n) is 12.7. The summed E-state index contributed by atoms with van der Waals surface area (Å²) >= 11 is 0. The second kappa shape index (κ2) is 6.93. The molecule has 0 aliphatic carbocycles. The molecule has 0 bridgehead atoms. The molecule has 1 aromatic heterocycles. The van der Waals surface area contributed by atoms with Crippen LogP contribution >= 0.6 is 0 Å². The van der Waals surface area contributed by atoms with Crippen LogP contribution in [0.2, 0.25) is 0 Å². The van der Waals surface area contributed by atoms with Crippen molar-refractivity contribution in [2.45, 2.75) is 18.9 Å². The van der Waals surface area contributed by atoms with Crippen LogP contribution < -0.4 is 4.74 Å². The average Bonchev–Trinajstić information content (AvgIpc) is 2.62. The zero-order chi connectivity index (χ0) is 16.1. The standard InChI is InChI=1S/C18H17N3O2/c19-12-14-3-1-4-15(11-14)18(22)21-10-2-5-17(13-21)23-16-6-8-20-9-7-16/h1,3-4,6-9,11,17H,2,5,10,13H2/t17-/m1/s1. The average molecular weight is 307 g/mol. The Labute approximate surface area is 135 Å². The molecule has 0 unspecified atom stereocenters. The molecular formula is C18H17N3O2. The number of hydrogen-bond acceptors (Lipinski definition) is 4. The van der Waals surface area contributed by atoms with Gasteiger partial charge in [-0.15, -0.1) is 0 Å². The summed E-state index contributed by atoms with van der Waals surface area (Å²) in [6, 6.07) is 12.5. The van der Waals surface area contributed by atoms with Crippen molar-refractivity contribution in [2.75, 3.05) is 13.1 Å². The Kier molecular flexibility index (Phi) is 4.53. The Morgan fingerprint density at radius 2 is 2.13 bits per heavy atom. The van der Waals surface area contributed by atoms with Crippen LogP contribution in [0.1, 0.15) is 28.8 Å². The molecule has 2 heterocycles. The van der Waals surface area contributed by atoms with Gasteiger partial charge in [-0.1, -0.05) is 6.07 Å². The van der Waals surface area contributed by atoms with E-state index in [1.165, 1.54) is 0 Å². The van der Waals surface area contributed by atoms with Gasteiger partial charge in [0.1, 0.15) is 11.9 Å². The highest BCUT2D eigenvalue weighted by Crippen LogP contribution is 2.19. The van der Waals surface area contributed by atoms with Crippen LogP contribution in [0.3, 0.4) is 0 Å². The number of carbonyl (C=O) groups excluding carboxylic acids is 1. The Morgan fingerprint density at radius 3 is 2.91 bits per heavy atom. The number of hydrogen-bond donors (Lipinski definition) is 0. The van der Waals surface area contributed by atoms with Crippen LogP contribution in [-0.2, 0) is 0 Å². The molecule has 1 fully saturated rings. The van der Waals surface area contributed by atoms with E-state index < -0.39 is 0 Å². The van der Waals surface area contributed by atoms with Crippen LogP contribution in [0.15, 0.2) is 48.8 Å². The highest BCUT2D eigenvalue weighted by Gasteiger charge is 2.25. The lowest BCUT2D eigenvalue weighted by molar-refractivity contribution is 0.0537. The number of likely N-dealkylation sites (tertiary alicyclic amines) is 1. The van der Waals surface area contributed by atoms with E-state index in [2.05, 4.69) is 11.1 Å². The molecule has 5 nitrogen and oxygen atoms in total. The number of piperidine rings is 1. The Bertz CT molecular complexity index is 725. The van der Waals surface area contributed by atoms with Crippen molar-refractivity contribution in [3.05, 3.63) is 59.9 Å². The third-order valence-corrected chi connectivity index (χ3v) is 3.86. The Morgan fingerprint density at radius 1 is 1.30 bits per heavy atom. The molecule has 23 heavy (non-hydrogen) atoms. The molecule has 5 heteroatoms. The fourth-order valence-corrected chi connectivity index (χ4v) is 2.73. The maximum atomic E-state index is 12.6. The molecule has 0 spiro atoms. The van der Waals surface area contributed by atoms with Crippen LogP contribution in [-0.4, -0.2) is 35.0 Å². The predicted octanol–water partition coefficient (Wildman–Crippen LogP) is 2.64. The van der Waals surface area contributed by atoms with Crippen molar-refractivity contribution in [2.24, 2.45) is 0 Å². The fraction of sp³-hybridized carbons (Fsp3) is 0.278. The number of benzene rings is 1. The summed E-state index contributed by atoms with van der Waals surface area (Å²) in [6.45, 7) is 1.27. The molecule has 1 amide bonds. The number of aromatic nitrogens is 1. The van der Waals surface area contributed by atoms with Crippen molar-refractivity contribution >= 4 is 5.91 Å². The fourth-order valence-electron chi connectivity index (χ4n) is 2.73. The SMILES string of the molecule is N#Cc1cccc(C(=O)N2CCC[C@@H](Oc3ccncc3)C2)c1. The summed E-state index contributed by atoms with van der Waals surface area (Å²) in [5.74, 6) is 0.718. The first kappa shape index (κ1) is 15.0. The number of ether oxygens (including phenoxy) is 1. The first-order valence-electron chi connectivity index (χ1n) is 7.62. The number of amides is 1. The van der Waals surface area contributed by atoms with Crippen LogP contribution in [0.4, 0.5) is 0 Å². The maximum Gasteiger partial charge on any atom is 0.254 e. The van der Waals surface area contributed by atoms with Gasteiger partial charge in [-0.2, -0.15) is 5.26 Å². The normalized spacial score (nSPS) is 17.3. The van der Waals surface area contributed by atoms with Crippen molar-refractivity contribution in [1.29, 1.82) is 5.26 Å². The summed E-state index contributed by atoms with van der Waals surface area (Å²) < 4.78 is 5.93. The minimum atomic E-state index is -0.0508. The van der Waals surface area contributed by atoms with Crippen molar-refractivity contribution in [1.82, 2.24) is 9.88 Å². The largest absolute Gasteiger partial charge is 0.488 e. The Balaban J connectivity index is 1.68. The monoisotopic (exact) mass is 307 g/mol. The zero-order valence-corrected chi connectivity index (χ0v) is 12.7. The molecular weight excluding hydrogens is 290 g/mol. The molecule has 1 saturated heterocycles. The summed E-state index contributed by atoms with van der Waals surface area (Å²) in [5.41, 5.74) is 1.05. The summed E-state index contributed by atoms with van der Waals surface area (Å²) in [5, 5.41) is 8.96. The van der Waals surface area contributed by atoms with Crippen LogP contribution in [0, 0.1) is 11.3 Å². The molecule has 0 radical (unpaired) electrons.